The van der Waals surface area contributed by atoms with Crippen LogP contribution in [0.15, 0.2) is 30.5 Å². The molecule has 6 heteroatoms. The molecule has 1 aliphatic heterocycles. The maximum absolute atomic E-state index is 12.9. The first-order valence-corrected chi connectivity index (χ1v) is 9.63. The number of carbonyl (C=O) groups is 1. The smallest absolute Gasteiger partial charge is 0.226 e. The fourth-order valence-corrected chi connectivity index (χ4v) is 4.20. The van der Waals surface area contributed by atoms with Crippen molar-refractivity contribution in [2.24, 2.45) is 0 Å². The Kier molecular flexibility index (Phi) is 5.38. The van der Waals surface area contributed by atoms with Crippen LogP contribution in [0.1, 0.15) is 64.1 Å². The summed E-state index contributed by atoms with van der Waals surface area (Å²) in [7, 11) is 0. The van der Waals surface area contributed by atoms with Crippen LogP contribution in [-0.4, -0.2) is 33.1 Å². The van der Waals surface area contributed by atoms with Crippen molar-refractivity contribution < 1.29 is 9.53 Å². The van der Waals surface area contributed by atoms with Gasteiger partial charge in [-0.25, -0.2) is 0 Å². The third-order valence-electron chi connectivity index (χ3n) is 5.29. The molecule has 0 spiro atoms. The van der Waals surface area contributed by atoms with Gasteiger partial charge < -0.3 is 10.1 Å². The maximum Gasteiger partial charge on any atom is 0.226 e. The van der Waals surface area contributed by atoms with E-state index in [1.807, 2.05) is 19.9 Å². The van der Waals surface area contributed by atoms with Crippen molar-refractivity contribution in [3.63, 3.8) is 0 Å². The Bertz CT molecular complexity index is 812. The zero-order valence-corrected chi connectivity index (χ0v) is 17.0. The van der Waals surface area contributed by atoms with Crippen LogP contribution in [0.4, 0.5) is 5.82 Å². The minimum Gasteiger partial charge on any atom is -0.376 e. The average molecular weight is 370 g/mol. The quantitative estimate of drug-likeness (QED) is 0.863. The first-order chi connectivity index (χ1) is 12.7. The molecule has 1 saturated heterocycles. The summed E-state index contributed by atoms with van der Waals surface area (Å²) >= 11 is 0. The summed E-state index contributed by atoms with van der Waals surface area (Å²) in [5, 5.41) is 11.5. The highest BCUT2D eigenvalue weighted by molar-refractivity contribution is 5.90. The number of nitrogens with one attached hydrogen (secondary N) is 1. The largest absolute Gasteiger partial charge is 0.376 e. The van der Waals surface area contributed by atoms with Crippen molar-refractivity contribution >= 4 is 11.7 Å². The lowest BCUT2D eigenvalue weighted by Gasteiger charge is -2.45. The molecule has 1 aliphatic rings. The molecule has 1 N–H and O–H groups in total. The summed E-state index contributed by atoms with van der Waals surface area (Å²) in [6, 6.07) is 8.52. The number of carbonyl (C=O) groups excluding carboxylic acids is 1. The highest BCUT2D eigenvalue weighted by Gasteiger charge is 2.44. The maximum atomic E-state index is 12.9. The number of hydrogen-bond acceptors (Lipinski definition) is 4. The number of nitrogens with zero attached hydrogens (tertiary/aromatic N) is 3. The zero-order chi connectivity index (χ0) is 19.7. The fourth-order valence-electron chi connectivity index (χ4n) is 4.20. The number of amides is 1. The van der Waals surface area contributed by atoms with Crippen molar-refractivity contribution in [1.82, 2.24) is 15.0 Å². The lowest BCUT2D eigenvalue weighted by molar-refractivity contribution is -0.122. The normalized spacial score (nSPS) is 22.0. The van der Waals surface area contributed by atoms with Crippen LogP contribution in [0.3, 0.4) is 0 Å². The van der Waals surface area contributed by atoms with Crippen molar-refractivity contribution in [2.45, 2.75) is 70.9 Å². The van der Waals surface area contributed by atoms with E-state index in [1.54, 1.807) is 11.0 Å². The summed E-state index contributed by atoms with van der Waals surface area (Å²) < 4.78 is 5.95. The molecule has 1 atom stereocenters. The van der Waals surface area contributed by atoms with Gasteiger partial charge in [-0.05, 0) is 58.6 Å². The molecule has 3 rings (SSSR count). The number of benzene rings is 1. The van der Waals surface area contributed by atoms with E-state index in [2.05, 4.69) is 54.5 Å². The van der Waals surface area contributed by atoms with Crippen LogP contribution in [-0.2, 0) is 14.9 Å². The molecule has 1 unspecified atom stereocenters. The second-order valence-electron chi connectivity index (χ2n) is 8.50. The number of aryl methyl sites for hydroxylation is 1. The summed E-state index contributed by atoms with van der Waals surface area (Å²) in [5.41, 5.74) is 1.95. The predicted molar refractivity (Wildman–Crippen MR) is 106 cm³/mol. The van der Waals surface area contributed by atoms with E-state index in [4.69, 9.17) is 4.74 Å². The highest BCUT2D eigenvalue weighted by Crippen LogP contribution is 2.45. The molecule has 0 bridgehead atoms. The number of hydrogen-bond donors (Lipinski definition) is 1. The molecule has 27 heavy (non-hydrogen) atoms. The highest BCUT2D eigenvalue weighted by atomic mass is 16.5. The molecule has 1 aromatic heterocycles. The molecule has 2 aromatic rings. The number of ether oxygens (including phenoxy) is 1. The third-order valence-corrected chi connectivity index (χ3v) is 5.29. The van der Waals surface area contributed by atoms with Crippen molar-refractivity contribution in [3.05, 3.63) is 41.6 Å². The Morgan fingerprint density at radius 2 is 2.07 bits per heavy atom. The van der Waals surface area contributed by atoms with Crippen molar-refractivity contribution in [2.75, 3.05) is 11.9 Å². The van der Waals surface area contributed by atoms with Crippen LogP contribution in [0, 0.1) is 6.92 Å². The SMILES string of the molecule is Cc1ccccc1C1(CC(=O)Nc2cnn(C(C)C)n2)CCOC(C)(C)C1. The van der Waals surface area contributed by atoms with Crippen LogP contribution in [0.25, 0.3) is 0 Å². The van der Waals surface area contributed by atoms with Crippen LogP contribution in [0.5, 0.6) is 0 Å². The van der Waals surface area contributed by atoms with E-state index in [0.29, 0.717) is 18.8 Å². The van der Waals surface area contributed by atoms with Gasteiger partial charge in [-0.15, -0.1) is 5.10 Å². The summed E-state index contributed by atoms with van der Waals surface area (Å²) in [5.74, 6) is 0.465. The summed E-state index contributed by atoms with van der Waals surface area (Å²) in [6.07, 6.45) is 3.63. The second-order valence-corrected chi connectivity index (χ2v) is 8.50. The van der Waals surface area contributed by atoms with E-state index in [9.17, 15) is 4.79 Å². The minimum absolute atomic E-state index is 0.0354. The standard InChI is InChI=1S/C21H30N4O2/c1-15(2)25-22-13-18(24-25)23-19(26)12-21(10-11-27-20(4,5)14-21)17-9-7-6-8-16(17)3/h6-9,13,15H,10-12,14H2,1-5H3,(H,23,24,26). The molecule has 1 fully saturated rings. The molecule has 146 valence electrons. The van der Waals surface area contributed by atoms with E-state index < -0.39 is 0 Å². The summed E-state index contributed by atoms with van der Waals surface area (Å²) in [6.45, 7) is 11.0. The van der Waals surface area contributed by atoms with E-state index >= 15 is 0 Å². The number of aromatic nitrogens is 3. The topological polar surface area (TPSA) is 69.0 Å². The van der Waals surface area contributed by atoms with Gasteiger partial charge in [0.1, 0.15) is 0 Å². The van der Waals surface area contributed by atoms with Gasteiger partial charge in [0, 0.05) is 18.4 Å². The van der Waals surface area contributed by atoms with E-state index in [0.717, 1.165) is 12.8 Å². The monoisotopic (exact) mass is 370 g/mol. The van der Waals surface area contributed by atoms with Gasteiger partial charge in [0.2, 0.25) is 5.91 Å². The van der Waals surface area contributed by atoms with Gasteiger partial charge >= 0.3 is 0 Å². The lowest BCUT2D eigenvalue weighted by Crippen LogP contribution is -2.46. The molecule has 0 saturated carbocycles. The molecular formula is C21H30N4O2. The molecule has 1 amide bonds. The second kappa shape index (κ2) is 7.43. The van der Waals surface area contributed by atoms with E-state index in [1.165, 1.54) is 11.1 Å². The van der Waals surface area contributed by atoms with Gasteiger partial charge in [0.25, 0.3) is 0 Å². The zero-order valence-electron chi connectivity index (χ0n) is 17.0. The Hall–Kier alpha value is -2.21. The Balaban J connectivity index is 1.85. The van der Waals surface area contributed by atoms with Crippen LogP contribution < -0.4 is 5.32 Å². The Labute approximate surface area is 161 Å². The molecule has 6 nitrogen and oxygen atoms in total. The van der Waals surface area contributed by atoms with Gasteiger partial charge in [0.05, 0.1) is 17.8 Å². The van der Waals surface area contributed by atoms with Gasteiger partial charge in [-0.3, -0.25) is 4.79 Å². The molecular weight excluding hydrogens is 340 g/mol. The summed E-state index contributed by atoms with van der Waals surface area (Å²) in [4.78, 5) is 14.5. The lowest BCUT2D eigenvalue weighted by atomic mass is 9.66. The number of rotatable bonds is 5. The van der Waals surface area contributed by atoms with Crippen LogP contribution in [0.2, 0.25) is 0 Å². The fraction of sp³-hybridized carbons (Fsp3) is 0.571. The molecule has 2 heterocycles. The van der Waals surface area contributed by atoms with Crippen molar-refractivity contribution in [1.29, 1.82) is 0 Å². The molecule has 1 aromatic carbocycles. The van der Waals surface area contributed by atoms with E-state index in [-0.39, 0.29) is 23.0 Å². The third kappa shape index (κ3) is 4.38. The molecule has 0 aliphatic carbocycles. The average Bonchev–Trinajstić information content (AvgIpc) is 3.02. The first kappa shape index (κ1) is 19.5. The van der Waals surface area contributed by atoms with Gasteiger partial charge in [0.15, 0.2) is 5.82 Å². The predicted octanol–water partition coefficient (Wildman–Crippen LogP) is 4.02. The van der Waals surface area contributed by atoms with Gasteiger partial charge in [-0.1, -0.05) is 24.3 Å². The van der Waals surface area contributed by atoms with Crippen molar-refractivity contribution in [3.8, 4) is 0 Å². The first-order valence-electron chi connectivity index (χ1n) is 9.63. The Morgan fingerprint density at radius 1 is 1.33 bits per heavy atom. The Morgan fingerprint density at radius 3 is 2.70 bits per heavy atom. The van der Waals surface area contributed by atoms with Crippen LogP contribution >= 0.6 is 0 Å². The minimum atomic E-state index is -0.262. The number of anilines is 1. The van der Waals surface area contributed by atoms with Gasteiger partial charge in [-0.2, -0.15) is 9.90 Å². The molecule has 0 radical (unpaired) electrons.